The zero-order chi connectivity index (χ0) is 13.6. The SMILES string of the molecule is CC1(C)COCC(C=O)O1.O=C1COC(=O)CN1. The van der Waals surface area contributed by atoms with E-state index in [1.807, 2.05) is 13.8 Å². The van der Waals surface area contributed by atoms with E-state index < -0.39 is 0 Å². The van der Waals surface area contributed by atoms with E-state index in [9.17, 15) is 14.4 Å². The normalized spacial score (nSPS) is 26.2. The van der Waals surface area contributed by atoms with Gasteiger partial charge in [0.2, 0.25) is 0 Å². The fourth-order valence-corrected chi connectivity index (χ4v) is 1.38. The molecule has 2 fully saturated rings. The van der Waals surface area contributed by atoms with Gasteiger partial charge in [0.25, 0.3) is 5.91 Å². The Balaban J connectivity index is 0.000000184. The lowest BCUT2D eigenvalue weighted by Gasteiger charge is -2.33. The molecule has 2 aliphatic heterocycles. The largest absolute Gasteiger partial charge is 0.454 e. The Morgan fingerprint density at radius 2 is 2.11 bits per heavy atom. The molecule has 1 atom stereocenters. The molecule has 7 nitrogen and oxygen atoms in total. The number of nitrogens with one attached hydrogen (secondary N) is 1. The van der Waals surface area contributed by atoms with Gasteiger partial charge in [-0.2, -0.15) is 0 Å². The number of ether oxygens (including phenoxy) is 3. The summed E-state index contributed by atoms with van der Waals surface area (Å²) in [6.45, 7) is 4.66. The molecule has 2 rings (SSSR count). The summed E-state index contributed by atoms with van der Waals surface area (Å²) < 4.78 is 14.8. The molecule has 0 spiro atoms. The van der Waals surface area contributed by atoms with Crippen molar-refractivity contribution >= 4 is 18.2 Å². The zero-order valence-corrected chi connectivity index (χ0v) is 10.4. The number of morpholine rings is 1. The van der Waals surface area contributed by atoms with Crippen LogP contribution in [0.2, 0.25) is 0 Å². The van der Waals surface area contributed by atoms with E-state index in [1.54, 1.807) is 0 Å². The van der Waals surface area contributed by atoms with Gasteiger partial charge in [-0.3, -0.25) is 9.59 Å². The lowest BCUT2D eigenvalue weighted by Crippen LogP contribution is -2.43. The van der Waals surface area contributed by atoms with E-state index in [0.717, 1.165) is 6.29 Å². The summed E-state index contributed by atoms with van der Waals surface area (Å²) in [5.41, 5.74) is -0.302. The van der Waals surface area contributed by atoms with Gasteiger partial charge in [-0.25, -0.2) is 0 Å². The quantitative estimate of drug-likeness (QED) is 0.481. The Morgan fingerprint density at radius 1 is 1.39 bits per heavy atom. The van der Waals surface area contributed by atoms with Crippen LogP contribution < -0.4 is 5.32 Å². The van der Waals surface area contributed by atoms with Gasteiger partial charge in [-0.1, -0.05) is 0 Å². The number of esters is 1. The number of hydrogen-bond donors (Lipinski definition) is 1. The van der Waals surface area contributed by atoms with Crippen LogP contribution >= 0.6 is 0 Å². The van der Waals surface area contributed by atoms with Gasteiger partial charge in [0, 0.05) is 0 Å². The van der Waals surface area contributed by atoms with Crippen LogP contribution in [0.25, 0.3) is 0 Å². The van der Waals surface area contributed by atoms with Crippen LogP contribution in [0, 0.1) is 0 Å². The van der Waals surface area contributed by atoms with Crippen molar-refractivity contribution in [3.63, 3.8) is 0 Å². The predicted molar refractivity (Wildman–Crippen MR) is 59.8 cm³/mol. The minimum Gasteiger partial charge on any atom is -0.454 e. The maximum Gasteiger partial charge on any atom is 0.325 e. The van der Waals surface area contributed by atoms with Crippen molar-refractivity contribution in [1.29, 1.82) is 0 Å². The van der Waals surface area contributed by atoms with Crippen molar-refractivity contribution in [2.24, 2.45) is 0 Å². The fourth-order valence-electron chi connectivity index (χ4n) is 1.38. The van der Waals surface area contributed by atoms with E-state index in [4.69, 9.17) is 9.47 Å². The minimum atomic E-state index is -0.372. The summed E-state index contributed by atoms with van der Waals surface area (Å²) in [7, 11) is 0. The minimum absolute atomic E-state index is 0.0127. The van der Waals surface area contributed by atoms with Crippen LogP contribution in [0.15, 0.2) is 0 Å². The Labute approximate surface area is 105 Å². The van der Waals surface area contributed by atoms with Crippen LogP contribution in [0.4, 0.5) is 0 Å². The van der Waals surface area contributed by atoms with Crippen LogP contribution in [0.3, 0.4) is 0 Å². The molecular formula is C11H17NO6. The summed E-state index contributed by atoms with van der Waals surface area (Å²) in [6.07, 6.45) is 0.407. The summed E-state index contributed by atoms with van der Waals surface area (Å²) in [4.78, 5) is 30.6. The Hall–Kier alpha value is -1.47. The topological polar surface area (TPSA) is 90.9 Å². The molecule has 2 saturated heterocycles. The highest BCUT2D eigenvalue weighted by molar-refractivity contribution is 5.87. The number of hydrogen-bond acceptors (Lipinski definition) is 6. The van der Waals surface area contributed by atoms with Gasteiger partial charge in [0.05, 0.1) is 18.8 Å². The molecule has 1 amide bonds. The average molecular weight is 259 g/mol. The molecule has 102 valence electrons. The predicted octanol–water partition coefficient (Wildman–Crippen LogP) is -0.961. The van der Waals surface area contributed by atoms with Crippen molar-refractivity contribution in [1.82, 2.24) is 5.32 Å². The first kappa shape index (κ1) is 14.6. The van der Waals surface area contributed by atoms with Crippen molar-refractivity contribution in [3.05, 3.63) is 0 Å². The first-order chi connectivity index (χ1) is 8.43. The van der Waals surface area contributed by atoms with Gasteiger partial charge in [-0.05, 0) is 13.8 Å². The lowest BCUT2D eigenvalue weighted by molar-refractivity contribution is -0.180. The molecule has 0 aromatic rings. The van der Waals surface area contributed by atoms with Crippen molar-refractivity contribution in [2.75, 3.05) is 26.4 Å². The maximum absolute atomic E-state index is 10.2. The monoisotopic (exact) mass is 259 g/mol. The van der Waals surface area contributed by atoms with E-state index in [0.29, 0.717) is 13.2 Å². The molecule has 18 heavy (non-hydrogen) atoms. The molecule has 0 aromatic heterocycles. The highest BCUT2D eigenvalue weighted by Crippen LogP contribution is 2.16. The summed E-state index contributed by atoms with van der Waals surface area (Å²) in [5, 5.41) is 2.32. The smallest absolute Gasteiger partial charge is 0.325 e. The van der Waals surface area contributed by atoms with Crippen molar-refractivity contribution < 1.29 is 28.6 Å². The molecule has 7 heteroatoms. The molecule has 0 aromatic carbocycles. The summed E-state index contributed by atoms with van der Waals surface area (Å²) in [5.74, 6) is -0.603. The van der Waals surface area contributed by atoms with Gasteiger partial charge < -0.3 is 24.3 Å². The second-order valence-electron chi connectivity index (χ2n) is 4.50. The maximum atomic E-state index is 10.2. The third-order valence-electron chi connectivity index (χ3n) is 2.15. The first-order valence-electron chi connectivity index (χ1n) is 5.56. The van der Waals surface area contributed by atoms with E-state index in [1.165, 1.54) is 0 Å². The van der Waals surface area contributed by atoms with Crippen LogP contribution in [-0.2, 0) is 28.6 Å². The van der Waals surface area contributed by atoms with Gasteiger partial charge >= 0.3 is 5.97 Å². The molecule has 0 radical (unpaired) electrons. The molecule has 1 unspecified atom stereocenters. The highest BCUT2D eigenvalue weighted by Gasteiger charge is 2.28. The molecule has 0 saturated carbocycles. The lowest BCUT2D eigenvalue weighted by atomic mass is 10.1. The van der Waals surface area contributed by atoms with Gasteiger partial charge in [-0.15, -0.1) is 0 Å². The van der Waals surface area contributed by atoms with Crippen LogP contribution in [-0.4, -0.2) is 56.2 Å². The molecule has 2 aliphatic rings. The first-order valence-corrected chi connectivity index (χ1v) is 5.56. The van der Waals surface area contributed by atoms with Crippen molar-refractivity contribution in [2.45, 2.75) is 25.6 Å². The summed E-state index contributed by atoms with van der Waals surface area (Å²) in [6, 6.07) is 0. The van der Waals surface area contributed by atoms with E-state index >= 15 is 0 Å². The Kier molecular flexibility index (Phi) is 5.24. The molecular weight excluding hydrogens is 242 g/mol. The summed E-state index contributed by atoms with van der Waals surface area (Å²) >= 11 is 0. The van der Waals surface area contributed by atoms with E-state index in [2.05, 4.69) is 10.1 Å². The van der Waals surface area contributed by atoms with E-state index in [-0.39, 0.29) is 36.7 Å². The third-order valence-corrected chi connectivity index (χ3v) is 2.15. The van der Waals surface area contributed by atoms with Crippen LogP contribution in [0.5, 0.6) is 0 Å². The van der Waals surface area contributed by atoms with Crippen molar-refractivity contribution in [3.8, 4) is 0 Å². The molecule has 2 heterocycles. The number of cyclic esters (lactones) is 1. The number of carbonyl (C=O) groups is 3. The molecule has 0 bridgehead atoms. The van der Waals surface area contributed by atoms with Crippen LogP contribution in [0.1, 0.15) is 13.8 Å². The highest BCUT2D eigenvalue weighted by atomic mass is 16.6. The second kappa shape index (κ2) is 6.46. The number of rotatable bonds is 1. The van der Waals surface area contributed by atoms with Gasteiger partial charge in [0.15, 0.2) is 12.9 Å². The third kappa shape index (κ3) is 5.24. The standard InChI is InChI=1S/C7H12O3.C4H5NO3/c1-7(2)5-9-4-6(3-8)10-7;6-3-2-8-4(7)1-5-3/h3,6H,4-5H2,1-2H3;1-2H2,(H,5,6). The number of amides is 1. The molecule has 0 aliphatic carbocycles. The second-order valence-corrected chi connectivity index (χ2v) is 4.50. The fraction of sp³-hybridized carbons (Fsp3) is 0.727. The Morgan fingerprint density at radius 3 is 2.50 bits per heavy atom. The Bertz CT molecular complexity index is 299. The molecule has 1 N–H and O–H groups in total. The van der Waals surface area contributed by atoms with Gasteiger partial charge in [0.1, 0.15) is 12.6 Å². The average Bonchev–Trinajstić information content (AvgIpc) is 2.32. The number of carbonyl (C=O) groups excluding carboxylic acids is 3. The number of aldehydes is 1. The zero-order valence-electron chi connectivity index (χ0n) is 10.4.